The fraction of sp³-hybridized carbons (Fsp3) is 0.244. The van der Waals surface area contributed by atoms with Crippen LogP contribution in [0.1, 0.15) is 22.3 Å². The van der Waals surface area contributed by atoms with Gasteiger partial charge in [0.05, 0.1) is 43.7 Å². The minimum Gasteiger partial charge on any atom is -0.457 e. The van der Waals surface area contributed by atoms with E-state index in [0.29, 0.717) is 32.2 Å². The topological polar surface area (TPSA) is 55.4 Å². The van der Waals surface area contributed by atoms with Crippen LogP contribution in [0.25, 0.3) is 10.8 Å². The molecule has 1 fully saturated rings. The summed E-state index contributed by atoms with van der Waals surface area (Å²) in [5.41, 5.74) is 4.24. The average Bonchev–Trinajstić information content (AvgIpc) is 3.20. The monoisotopic (exact) mass is 710 g/mol. The van der Waals surface area contributed by atoms with Crippen LogP contribution in [0, 0.1) is 0 Å². The lowest BCUT2D eigenvalue weighted by atomic mass is 9.91. The third-order valence-corrected chi connectivity index (χ3v) is 10.8. The van der Waals surface area contributed by atoms with Crippen molar-refractivity contribution in [2.24, 2.45) is 0 Å². The summed E-state index contributed by atoms with van der Waals surface area (Å²) in [6, 6.07) is 53.3. The third kappa shape index (κ3) is 7.96. The van der Waals surface area contributed by atoms with Crippen molar-refractivity contribution in [3.8, 4) is 5.75 Å². The fourth-order valence-corrected chi connectivity index (χ4v) is 8.19. The molecule has 52 heavy (non-hydrogen) atoms. The van der Waals surface area contributed by atoms with Crippen molar-refractivity contribution in [1.82, 2.24) is 0 Å². The Bertz CT molecular complexity index is 2010. The molecule has 0 saturated carbocycles. The summed E-state index contributed by atoms with van der Waals surface area (Å²) >= 11 is 1.73. The molecule has 0 aliphatic carbocycles. The largest absolute Gasteiger partial charge is 0.457 e. The second kappa shape index (κ2) is 16.5. The molecule has 7 heteroatoms. The predicted octanol–water partition coefficient (Wildman–Crippen LogP) is 9.39. The molecule has 6 aromatic carbocycles. The molecule has 0 N–H and O–H groups in total. The number of fused-ring (bicyclic) bond motifs is 3. The van der Waals surface area contributed by atoms with Gasteiger partial charge in [0.15, 0.2) is 6.10 Å². The molecular formula is C45H42O6S. The Hall–Kier alpha value is -4.47. The molecule has 2 heterocycles. The Morgan fingerprint density at radius 1 is 0.538 bits per heavy atom. The van der Waals surface area contributed by atoms with Crippen LogP contribution in [0.4, 0.5) is 0 Å². The first kappa shape index (κ1) is 34.6. The van der Waals surface area contributed by atoms with E-state index >= 15 is 0 Å². The van der Waals surface area contributed by atoms with E-state index in [2.05, 4.69) is 78.9 Å². The van der Waals surface area contributed by atoms with Crippen LogP contribution in [-0.2, 0) is 50.1 Å². The molecular weight excluding hydrogens is 669 g/mol. The van der Waals surface area contributed by atoms with Crippen molar-refractivity contribution in [3.63, 3.8) is 0 Å². The summed E-state index contributed by atoms with van der Waals surface area (Å²) in [6.45, 7) is 1.79. The van der Waals surface area contributed by atoms with Crippen molar-refractivity contribution < 1.29 is 28.4 Å². The maximum atomic E-state index is 7.21. The highest BCUT2D eigenvalue weighted by molar-refractivity contribution is 7.99. The van der Waals surface area contributed by atoms with E-state index in [4.69, 9.17) is 28.4 Å². The summed E-state index contributed by atoms with van der Waals surface area (Å²) in [4.78, 5) is 1.09. The van der Waals surface area contributed by atoms with E-state index in [0.717, 1.165) is 38.3 Å². The van der Waals surface area contributed by atoms with Gasteiger partial charge in [-0.3, -0.25) is 0 Å². The third-order valence-electron chi connectivity index (χ3n) is 9.55. The van der Waals surface area contributed by atoms with Crippen LogP contribution < -0.4 is 4.74 Å². The quantitative estimate of drug-likeness (QED) is 0.118. The summed E-state index contributed by atoms with van der Waals surface area (Å²) in [5.74, 6) is 0.0424. The number of ether oxygens (including phenoxy) is 6. The standard InChI is InChI=1S/C45H42O6S/c1-5-15-33(16-6-1)27-46-31-40-41(47-28-34-17-7-2-8-18-34)42(48-29-35-19-9-3-10-20-35)44(49-30-36-21-11-4-12-22-36)45(51-40)32-52-43-38-24-14-13-23-37(38)25-26-39(43)50-45/h1-26,40-42,44H,27-32H2/t40-,41+,42+,44-,45+/m1/s1. The summed E-state index contributed by atoms with van der Waals surface area (Å²) < 4.78 is 41.5. The van der Waals surface area contributed by atoms with Gasteiger partial charge in [-0.2, -0.15) is 0 Å². The molecule has 0 unspecified atom stereocenters. The number of thioether (sulfide) groups is 1. The van der Waals surface area contributed by atoms with Crippen molar-refractivity contribution in [2.45, 2.75) is 61.5 Å². The zero-order valence-electron chi connectivity index (χ0n) is 28.9. The van der Waals surface area contributed by atoms with E-state index in [1.54, 1.807) is 11.8 Å². The first-order valence-electron chi connectivity index (χ1n) is 17.8. The van der Waals surface area contributed by atoms with Gasteiger partial charge in [0.25, 0.3) is 0 Å². The normalized spacial score (nSPS) is 22.5. The Kier molecular flexibility index (Phi) is 11.0. The van der Waals surface area contributed by atoms with E-state index in [1.165, 1.54) is 5.39 Å². The molecule has 5 atom stereocenters. The molecule has 6 aromatic rings. The lowest BCUT2D eigenvalue weighted by Crippen LogP contribution is -2.70. The Morgan fingerprint density at radius 3 is 1.67 bits per heavy atom. The highest BCUT2D eigenvalue weighted by Gasteiger charge is 2.60. The van der Waals surface area contributed by atoms with Crippen molar-refractivity contribution in [2.75, 3.05) is 12.4 Å². The van der Waals surface area contributed by atoms with Crippen molar-refractivity contribution in [1.29, 1.82) is 0 Å². The Morgan fingerprint density at radius 2 is 1.06 bits per heavy atom. The number of benzene rings is 6. The highest BCUT2D eigenvalue weighted by Crippen LogP contribution is 2.49. The first-order chi connectivity index (χ1) is 25.7. The minimum atomic E-state index is -1.20. The van der Waals surface area contributed by atoms with E-state index in [1.807, 2.05) is 78.9 Å². The van der Waals surface area contributed by atoms with Gasteiger partial charge < -0.3 is 28.4 Å². The second-order valence-electron chi connectivity index (χ2n) is 13.2. The summed E-state index contributed by atoms with van der Waals surface area (Å²) in [7, 11) is 0. The van der Waals surface area contributed by atoms with Gasteiger partial charge in [-0.05, 0) is 39.1 Å². The van der Waals surface area contributed by atoms with Gasteiger partial charge in [-0.15, -0.1) is 11.8 Å². The predicted molar refractivity (Wildman–Crippen MR) is 204 cm³/mol. The number of rotatable bonds is 13. The zero-order chi connectivity index (χ0) is 35.0. The second-order valence-corrected chi connectivity index (χ2v) is 14.2. The molecule has 8 rings (SSSR count). The lowest BCUT2D eigenvalue weighted by molar-refractivity contribution is -0.353. The molecule has 0 radical (unpaired) electrons. The molecule has 2 aliphatic rings. The Balaban J connectivity index is 1.18. The average molecular weight is 711 g/mol. The molecule has 2 aliphatic heterocycles. The van der Waals surface area contributed by atoms with E-state index in [-0.39, 0.29) is 6.61 Å². The Labute approximate surface area is 309 Å². The maximum Gasteiger partial charge on any atom is 0.249 e. The molecule has 0 aromatic heterocycles. The molecule has 6 nitrogen and oxygen atoms in total. The van der Waals surface area contributed by atoms with E-state index in [9.17, 15) is 0 Å². The van der Waals surface area contributed by atoms with Gasteiger partial charge >= 0.3 is 0 Å². The number of hydrogen-bond donors (Lipinski definition) is 0. The van der Waals surface area contributed by atoms with Crippen LogP contribution in [0.15, 0.2) is 163 Å². The highest BCUT2D eigenvalue weighted by atomic mass is 32.2. The SMILES string of the molecule is c1ccc(COC[C@H]2O[C@@]3(CSc4c(ccc5ccccc45)O3)[C@H](OCc3ccccc3)[C@@H](OCc3ccccc3)[C@H]2OCc2ccccc2)cc1. The molecule has 0 amide bonds. The molecule has 0 bridgehead atoms. The summed E-state index contributed by atoms with van der Waals surface area (Å²) in [6.07, 6.45) is -2.31. The van der Waals surface area contributed by atoms with Crippen LogP contribution in [0.2, 0.25) is 0 Å². The van der Waals surface area contributed by atoms with Crippen LogP contribution in [0.3, 0.4) is 0 Å². The van der Waals surface area contributed by atoms with Crippen molar-refractivity contribution in [3.05, 3.63) is 180 Å². The fourth-order valence-electron chi connectivity index (χ4n) is 6.96. The number of hydrogen-bond acceptors (Lipinski definition) is 7. The smallest absolute Gasteiger partial charge is 0.249 e. The van der Waals surface area contributed by atoms with Gasteiger partial charge in [0, 0.05) is 0 Å². The van der Waals surface area contributed by atoms with E-state index < -0.39 is 30.2 Å². The maximum absolute atomic E-state index is 7.21. The van der Waals surface area contributed by atoms with Gasteiger partial charge in [-0.25, -0.2) is 0 Å². The summed E-state index contributed by atoms with van der Waals surface area (Å²) in [5, 5.41) is 2.32. The molecule has 1 spiro atoms. The molecule has 264 valence electrons. The lowest BCUT2D eigenvalue weighted by Gasteiger charge is -2.53. The van der Waals surface area contributed by atoms with Crippen LogP contribution >= 0.6 is 11.8 Å². The van der Waals surface area contributed by atoms with Crippen LogP contribution in [-0.4, -0.2) is 42.6 Å². The van der Waals surface area contributed by atoms with Gasteiger partial charge in [-0.1, -0.05) is 152 Å². The zero-order valence-corrected chi connectivity index (χ0v) is 29.7. The molecule has 1 saturated heterocycles. The first-order valence-corrected chi connectivity index (χ1v) is 18.8. The van der Waals surface area contributed by atoms with Gasteiger partial charge in [0.2, 0.25) is 5.79 Å². The van der Waals surface area contributed by atoms with Crippen LogP contribution in [0.5, 0.6) is 5.75 Å². The van der Waals surface area contributed by atoms with Gasteiger partial charge in [0.1, 0.15) is 24.1 Å². The van der Waals surface area contributed by atoms with Crippen molar-refractivity contribution >= 4 is 22.5 Å². The minimum absolute atomic E-state index is 0.269.